The van der Waals surface area contributed by atoms with Crippen molar-refractivity contribution in [2.45, 2.75) is 0 Å². The summed E-state index contributed by atoms with van der Waals surface area (Å²) in [5, 5.41) is 8.83. The van der Waals surface area contributed by atoms with E-state index in [1.54, 1.807) is 0 Å². The van der Waals surface area contributed by atoms with Gasteiger partial charge in [-0.25, -0.2) is 13.6 Å². The van der Waals surface area contributed by atoms with Crippen molar-refractivity contribution in [1.29, 1.82) is 0 Å². The maximum Gasteiger partial charge on any atom is 0.354 e. The van der Waals surface area contributed by atoms with Crippen LogP contribution in [0.1, 0.15) is 10.5 Å². The lowest BCUT2D eigenvalue weighted by Gasteiger charge is -2.13. The summed E-state index contributed by atoms with van der Waals surface area (Å²) in [6, 6.07) is 2.36. The number of aromatic carboxylic acids is 1. The Hall–Kier alpha value is -2.44. The average molecular weight is 254 g/mol. The number of carboxylic acid groups (broad SMARTS) is 1. The molecule has 1 heterocycles. The van der Waals surface area contributed by atoms with Gasteiger partial charge < -0.3 is 10.5 Å². The standard InChI is InChI=1S/C11H8F2N2O3/c1-14-15-8-3-7(13)6(12)2-5(8)10(16)4-9(15)11(17)18/h2-4,14H,1H3,(H,17,18). The fraction of sp³-hybridized carbons (Fsp3) is 0.0909. The molecule has 0 saturated carbocycles. The Bertz CT molecular complexity index is 709. The lowest BCUT2D eigenvalue weighted by molar-refractivity contribution is 0.0686. The molecule has 5 nitrogen and oxygen atoms in total. The Balaban J connectivity index is 3.00. The highest BCUT2D eigenvalue weighted by atomic mass is 19.2. The minimum Gasteiger partial charge on any atom is -0.477 e. The van der Waals surface area contributed by atoms with E-state index in [2.05, 4.69) is 5.43 Å². The molecule has 2 rings (SSSR count). The van der Waals surface area contributed by atoms with Crippen molar-refractivity contribution < 1.29 is 18.7 Å². The molecular formula is C11H8F2N2O3. The molecule has 0 amide bonds. The van der Waals surface area contributed by atoms with E-state index in [1.807, 2.05) is 0 Å². The van der Waals surface area contributed by atoms with Gasteiger partial charge in [-0.3, -0.25) is 9.47 Å². The predicted molar refractivity (Wildman–Crippen MR) is 60.4 cm³/mol. The van der Waals surface area contributed by atoms with Gasteiger partial charge in [0.1, 0.15) is 0 Å². The fourth-order valence-corrected chi connectivity index (χ4v) is 1.71. The smallest absolute Gasteiger partial charge is 0.354 e. The molecule has 0 fully saturated rings. The van der Waals surface area contributed by atoms with E-state index in [1.165, 1.54) is 7.05 Å². The molecule has 0 aliphatic carbocycles. The molecule has 1 aromatic heterocycles. The Labute approximate surface area is 99.2 Å². The van der Waals surface area contributed by atoms with Crippen molar-refractivity contribution in [1.82, 2.24) is 4.68 Å². The first kappa shape index (κ1) is 12.0. The third kappa shape index (κ3) is 1.69. The quantitative estimate of drug-likeness (QED) is 0.843. The Kier molecular flexibility index (Phi) is 2.74. The zero-order valence-electron chi connectivity index (χ0n) is 9.20. The molecule has 1 aromatic carbocycles. The summed E-state index contributed by atoms with van der Waals surface area (Å²) in [5.74, 6) is -3.67. The summed E-state index contributed by atoms with van der Waals surface area (Å²) in [5.41, 5.74) is 1.41. The summed E-state index contributed by atoms with van der Waals surface area (Å²) < 4.78 is 27.2. The summed E-state index contributed by atoms with van der Waals surface area (Å²) in [6.45, 7) is 0. The van der Waals surface area contributed by atoms with Crippen molar-refractivity contribution in [3.63, 3.8) is 0 Å². The van der Waals surface area contributed by atoms with Crippen LogP contribution in [0.5, 0.6) is 0 Å². The van der Waals surface area contributed by atoms with Gasteiger partial charge in [-0.15, -0.1) is 0 Å². The second-order valence-corrected chi connectivity index (χ2v) is 3.54. The molecule has 18 heavy (non-hydrogen) atoms. The summed E-state index contributed by atoms with van der Waals surface area (Å²) >= 11 is 0. The van der Waals surface area contributed by atoms with Crippen LogP contribution in [0.3, 0.4) is 0 Å². The molecule has 0 saturated heterocycles. The molecule has 0 unspecified atom stereocenters. The lowest BCUT2D eigenvalue weighted by atomic mass is 10.1. The van der Waals surface area contributed by atoms with Gasteiger partial charge in [0, 0.05) is 19.2 Å². The van der Waals surface area contributed by atoms with E-state index >= 15 is 0 Å². The van der Waals surface area contributed by atoms with Gasteiger partial charge in [0.2, 0.25) is 0 Å². The molecule has 0 spiro atoms. The second-order valence-electron chi connectivity index (χ2n) is 3.54. The number of hydrogen-bond acceptors (Lipinski definition) is 3. The SMILES string of the molecule is CNn1c(C(=O)O)cc(=O)c2cc(F)c(F)cc21. The van der Waals surface area contributed by atoms with Gasteiger partial charge in [-0.2, -0.15) is 0 Å². The Morgan fingerprint density at radius 2 is 1.89 bits per heavy atom. The van der Waals surface area contributed by atoms with Gasteiger partial charge in [-0.05, 0) is 6.07 Å². The number of pyridine rings is 1. The first-order valence-corrected chi connectivity index (χ1v) is 4.91. The molecule has 2 N–H and O–H groups in total. The highest BCUT2D eigenvalue weighted by molar-refractivity contribution is 5.90. The molecule has 7 heteroatoms. The Morgan fingerprint density at radius 3 is 2.44 bits per heavy atom. The number of fused-ring (bicyclic) bond motifs is 1. The van der Waals surface area contributed by atoms with E-state index < -0.39 is 23.0 Å². The maximum absolute atomic E-state index is 13.2. The van der Waals surface area contributed by atoms with Crippen LogP contribution in [0.2, 0.25) is 0 Å². The van der Waals surface area contributed by atoms with E-state index in [4.69, 9.17) is 5.11 Å². The van der Waals surface area contributed by atoms with Crippen molar-refractivity contribution >= 4 is 16.9 Å². The minimum absolute atomic E-state index is 0.0405. The zero-order valence-corrected chi connectivity index (χ0v) is 9.20. The zero-order chi connectivity index (χ0) is 13.4. The van der Waals surface area contributed by atoms with Crippen LogP contribution in [0, 0.1) is 11.6 Å². The molecule has 2 aromatic rings. The fourth-order valence-electron chi connectivity index (χ4n) is 1.71. The summed E-state index contributed by atoms with van der Waals surface area (Å²) in [4.78, 5) is 22.6. The topological polar surface area (TPSA) is 71.3 Å². The predicted octanol–water partition coefficient (Wildman–Crippen LogP) is 1.15. The molecule has 0 aliphatic heterocycles. The number of benzene rings is 1. The largest absolute Gasteiger partial charge is 0.477 e. The van der Waals surface area contributed by atoms with E-state index in [0.29, 0.717) is 0 Å². The number of rotatable bonds is 2. The number of nitrogens with one attached hydrogen (secondary N) is 1. The van der Waals surface area contributed by atoms with Crippen LogP contribution in [0.15, 0.2) is 23.0 Å². The van der Waals surface area contributed by atoms with Gasteiger partial charge in [0.25, 0.3) is 0 Å². The Morgan fingerprint density at radius 1 is 1.28 bits per heavy atom. The van der Waals surface area contributed by atoms with Crippen molar-refractivity contribution in [3.05, 3.63) is 45.8 Å². The van der Waals surface area contributed by atoms with Crippen molar-refractivity contribution in [2.75, 3.05) is 12.5 Å². The van der Waals surface area contributed by atoms with Crippen LogP contribution < -0.4 is 10.9 Å². The summed E-state index contributed by atoms with van der Waals surface area (Å²) in [7, 11) is 1.40. The highest BCUT2D eigenvalue weighted by Crippen LogP contribution is 2.16. The molecule has 0 atom stereocenters. The first-order chi connectivity index (χ1) is 8.45. The number of hydrogen-bond donors (Lipinski definition) is 2. The van der Waals surface area contributed by atoms with Gasteiger partial charge in [0.05, 0.1) is 10.9 Å². The summed E-state index contributed by atoms with van der Waals surface area (Å²) in [6.07, 6.45) is 0. The minimum atomic E-state index is -1.35. The van der Waals surface area contributed by atoms with Gasteiger partial charge in [0.15, 0.2) is 22.8 Å². The first-order valence-electron chi connectivity index (χ1n) is 4.91. The molecule has 0 radical (unpaired) electrons. The maximum atomic E-state index is 13.2. The number of aromatic nitrogens is 1. The normalized spacial score (nSPS) is 10.6. The third-order valence-electron chi connectivity index (χ3n) is 2.50. The van der Waals surface area contributed by atoms with Crippen LogP contribution >= 0.6 is 0 Å². The molecular weight excluding hydrogens is 246 g/mol. The monoisotopic (exact) mass is 254 g/mol. The van der Waals surface area contributed by atoms with Crippen molar-refractivity contribution in [3.8, 4) is 0 Å². The molecule has 94 valence electrons. The molecule has 0 aliphatic rings. The van der Waals surface area contributed by atoms with Crippen molar-refractivity contribution in [2.24, 2.45) is 0 Å². The number of nitrogens with zero attached hydrogens (tertiary/aromatic N) is 1. The van der Waals surface area contributed by atoms with Crippen LogP contribution in [-0.2, 0) is 0 Å². The number of halogens is 2. The lowest BCUT2D eigenvalue weighted by Crippen LogP contribution is -2.23. The number of carboxylic acids is 1. The number of carbonyl (C=O) groups is 1. The van der Waals surface area contributed by atoms with Crippen LogP contribution in [-0.4, -0.2) is 22.8 Å². The van der Waals surface area contributed by atoms with Crippen LogP contribution in [0.25, 0.3) is 10.9 Å². The van der Waals surface area contributed by atoms with E-state index in [0.717, 1.165) is 22.9 Å². The van der Waals surface area contributed by atoms with E-state index in [-0.39, 0.29) is 16.6 Å². The van der Waals surface area contributed by atoms with Gasteiger partial charge >= 0.3 is 5.97 Å². The van der Waals surface area contributed by atoms with Crippen LogP contribution in [0.4, 0.5) is 8.78 Å². The highest BCUT2D eigenvalue weighted by Gasteiger charge is 2.16. The van der Waals surface area contributed by atoms with E-state index in [9.17, 15) is 18.4 Å². The second kappa shape index (κ2) is 4.10. The molecule has 0 bridgehead atoms. The van der Waals surface area contributed by atoms with Gasteiger partial charge in [-0.1, -0.05) is 0 Å². The third-order valence-corrected chi connectivity index (χ3v) is 2.50. The average Bonchev–Trinajstić information content (AvgIpc) is 2.31.